The topological polar surface area (TPSA) is 36.9 Å². The third kappa shape index (κ3) is 5.44. The van der Waals surface area contributed by atoms with Gasteiger partial charge in [-0.15, -0.1) is 0 Å². The molecule has 28 heavy (non-hydrogen) atoms. The van der Waals surface area contributed by atoms with Gasteiger partial charge in [-0.1, -0.05) is 51.4 Å². The fraction of sp³-hybridized carbons (Fsp3) is 0.909. The number of hydrogen-bond donors (Lipinski definition) is 0. The highest BCUT2D eigenvalue weighted by atomic mass is 16.7. The second kappa shape index (κ2) is 8.83. The van der Waals surface area contributed by atoms with Crippen LogP contribution in [0.15, 0.2) is 11.4 Å². The molecule has 6 heteroatoms. The van der Waals surface area contributed by atoms with Gasteiger partial charge < -0.3 is 18.6 Å². The minimum absolute atomic E-state index is 0.334. The van der Waals surface area contributed by atoms with E-state index in [9.17, 15) is 0 Å². The summed E-state index contributed by atoms with van der Waals surface area (Å²) in [5, 5.41) is 0. The Bertz CT molecular complexity index is 523. The lowest BCUT2D eigenvalue weighted by Crippen LogP contribution is -2.41. The van der Waals surface area contributed by atoms with Crippen LogP contribution in [0.1, 0.15) is 107 Å². The Balaban J connectivity index is 2.09. The molecule has 2 aliphatic heterocycles. The third-order valence-electron chi connectivity index (χ3n) is 7.00. The van der Waals surface area contributed by atoms with E-state index in [4.69, 9.17) is 18.6 Å². The molecule has 0 radical (unpaired) electrons. The molecule has 0 aromatic heterocycles. The second-order valence-electron chi connectivity index (χ2n) is 10.5. The van der Waals surface area contributed by atoms with Crippen molar-refractivity contribution < 1.29 is 18.6 Å². The number of unbranched alkanes of at least 4 members (excludes halogenated alkanes) is 5. The van der Waals surface area contributed by atoms with Crippen LogP contribution in [0.3, 0.4) is 0 Å². The summed E-state index contributed by atoms with van der Waals surface area (Å²) in [6.07, 6.45) is 8.55. The van der Waals surface area contributed by atoms with E-state index < -0.39 is 0 Å². The van der Waals surface area contributed by atoms with Gasteiger partial charge in [0.05, 0.1) is 22.4 Å². The summed E-state index contributed by atoms with van der Waals surface area (Å²) < 4.78 is 25.1. The highest BCUT2D eigenvalue weighted by molar-refractivity contribution is 6.60. The van der Waals surface area contributed by atoms with Crippen molar-refractivity contribution in [3.05, 3.63) is 11.4 Å². The van der Waals surface area contributed by atoms with Gasteiger partial charge in [0, 0.05) is 0 Å². The zero-order chi connectivity index (χ0) is 21.2. The monoisotopic (exact) mass is 392 g/mol. The molecule has 0 unspecified atom stereocenters. The van der Waals surface area contributed by atoms with E-state index in [1.165, 1.54) is 32.1 Å². The molecular weight excluding hydrogens is 350 g/mol. The standard InChI is InChI=1S/C22H42B2O4/c1-10-11-12-13-14-15-16-18(24-27-21(6,7)22(8,9)28-24)17-23-25-19(2,3)20(4,5)26-23/h17H,10-16H2,1-9H3/b18-17-. The van der Waals surface area contributed by atoms with Gasteiger partial charge >= 0.3 is 14.2 Å². The van der Waals surface area contributed by atoms with Crippen LogP contribution in [0.5, 0.6) is 0 Å². The molecule has 2 rings (SSSR count). The molecule has 2 saturated heterocycles. The molecule has 4 nitrogen and oxygen atoms in total. The largest absolute Gasteiger partial charge is 0.489 e. The Morgan fingerprint density at radius 1 is 0.643 bits per heavy atom. The van der Waals surface area contributed by atoms with Crippen LogP contribution >= 0.6 is 0 Å². The van der Waals surface area contributed by atoms with Gasteiger partial charge in [0.15, 0.2) is 0 Å². The third-order valence-corrected chi connectivity index (χ3v) is 7.00. The van der Waals surface area contributed by atoms with Crippen molar-refractivity contribution >= 4 is 14.2 Å². The maximum atomic E-state index is 6.33. The molecule has 2 heterocycles. The molecule has 0 amide bonds. The van der Waals surface area contributed by atoms with E-state index in [0.717, 1.165) is 18.3 Å². The molecule has 0 atom stereocenters. The van der Waals surface area contributed by atoms with Gasteiger partial charge in [-0.05, 0) is 67.3 Å². The van der Waals surface area contributed by atoms with Gasteiger partial charge in [0.25, 0.3) is 0 Å². The normalized spacial score (nSPS) is 25.5. The zero-order valence-electron chi connectivity index (χ0n) is 19.8. The second-order valence-corrected chi connectivity index (χ2v) is 10.5. The smallest absolute Gasteiger partial charge is 0.400 e. The Hall–Kier alpha value is -0.290. The molecule has 0 aromatic carbocycles. The average Bonchev–Trinajstić information content (AvgIpc) is 2.88. The fourth-order valence-electron chi connectivity index (χ4n) is 3.52. The molecular formula is C22H42B2O4. The van der Waals surface area contributed by atoms with Crippen molar-refractivity contribution in [2.45, 2.75) is 130 Å². The van der Waals surface area contributed by atoms with Gasteiger partial charge in [-0.3, -0.25) is 0 Å². The summed E-state index contributed by atoms with van der Waals surface area (Å²) in [6.45, 7) is 19.0. The Kier molecular flexibility index (Phi) is 7.57. The first-order valence-corrected chi connectivity index (χ1v) is 11.2. The molecule has 2 fully saturated rings. The van der Waals surface area contributed by atoms with Crippen molar-refractivity contribution in [3.8, 4) is 0 Å². The summed E-state index contributed by atoms with van der Waals surface area (Å²) >= 11 is 0. The maximum absolute atomic E-state index is 6.33. The predicted molar refractivity (Wildman–Crippen MR) is 118 cm³/mol. The van der Waals surface area contributed by atoms with Crippen molar-refractivity contribution in [1.82, 2.24) is 0 Å². The fourth-order valence-corrected chi connectivity index (χ4v) is 3.52. The molecule has 0 saturated carbocycles. The lowest BCUT2D eigenvalue weighted by Gasteiger charge is -2.32. The molecule has 0 bridgehead atoms. The number of allylic oxidation sites excluding steroid dienone is 1. The predicted octanol–water partition coefficient (Wildman–Crippen LogP) is 5.93. The van der Waals surface area contributed by atoms with Gasteiger partial charge in [-0.25, -0.2) is 0 Å². The maximum Gasteiger partial charge on any atom is 0.489 e. The van der Waals surface area contributed by atoms with E-state index in [2.05, 4.69) is 68.3 Å². The Morgan fingerprint density at radius 2 is 1.07 bits per heavy atom. The summed E-state index contributed by atoms with van der Waals surface area (Å²) in [7, 11) is -0.696. The van der Waals surface area contributed by atoms with Crippen LogP contribution < -0.4 is 0 Å². The Morgan fingerprint density at radius 3 is 1.57 bits per heavy atom. The van der Waals surface area contributed by atoms with Crippen LogP contribution in [-0.4, -0.2) is 36.6 Å². The van der Waals surface area contributed by atoms with Gasteiger partial charge in [-0.2, -0.15) is 0 Å². The summed E-state index contributed by atoms with van der Waals surface area (Å²) in [4.78, 5) is 0. The first-order valence-electron chi connectivity index (χ1n) is 11.2. The molecule has 0 spiro atoms. The van der Waals surface area contributed by atoms with E-state index in [1.54, 1.807) is 0 Å². The molecule has 0 aromatic rings. The SMILES string of the molecule is CCCCCCCC/C(=C/B1OC(C)(C)C(C)(C)O1)B1OC(C)(C)C(C)(C)O1. The van der Waals surface area contributed by atoms with Crippen LogP contribution in [0.25, 0.3) is 0 Å². The van der Waals surface area contributed by atoms with Crippen LogP contribution in [0, 0.1) is 0 Å². The lowest BCUT2D eigenvalue weighted by atomic mass is 9.69. The highest BCUT2D eigenvalue weighted by Crippen LogP contribution is 2.41. The summed E-state index contributed by atoms with van der Waals surface area (Å²) in [5.41, 5.74) is -0.209. The number of rotatable bonds is 9. The average molecular weight is 392 g/mol. The first kappa shape index (κ1) is 24.0. The van der Waals surface area contributed by atoms with Crippen molar-refractivity contribution in [2.75, 3.05) is 0 Å². The van der Waals surface area contributed by atoms with E-state index >= 15 is 0 Å². The van der Waals surface area contributed by atoms with Crippen molar-refractivity contribution in [2.24, 2.45) is 0 Å². The van der Waals surface area contributed by atoms with Gasteiger partial charge in [0.1, 0.15) is 0 Å². The zero-order valence-corrected chi connectivity index (χ0v) is 19.8. The Labute approximate surface area is 174 Å². The number of hydrogen-bond acceptors (Lipinski definition) is 4. The van der Waals surface area contributed by atoms with Crippen LogP contribution in [-0.2, 0) is 18.6 Å². The van der Waals surface area contributed by atoms with Crippen LogP contribution in [0.2, 0.25) is 0 Å². The molecule has 2 aliphatic rings. The van der Waals surface area contributed by atoms with Crippen LogP contribution in [0.4, 0.5) is 0 Å². The van der Waals surface area contributed by atoms with E-state index in [1.807, 2.05) is 0 Å². The van der Waals surface area contributed by atoms with E-state index in [-0.39, 0.29) is 36.6 Å². The summed E-state index contributed by atoms with van der Waals surface area (Å²) in [5.74, 6) is 2.10. The minimum Gasteiger partial charge on any atom is -0.400 e. The quantitative estimate of drug-likeness (QED) is 0.360. The minimum atomic E-state index is -0.362. The van der Waals surface area contributed by atoms with E-state index in [0.29, 0.717) is 0 Å². The first-order chi connectivity index (χ1) is 12.8. The highest BCUT2D eigenvalue weighted by Gasteiger charge is 2.54. The van der Waals surface area contributed by atoms with Crippen molar-refractivity contribution in [3.63, 3.8) is 0 Å². The molecule has 160 valence electrons. The van der Waals surface area contributed by atoms with Crippen molar-refractivity contribution in [1.29, 1.82) is 0 Å². The lowest BCUT2D eigenvalue weighted by molar-refractivity contribution is 0.00578. The summed E-state index contributed by atoms with van der Waals surface area (Å²) in [6, 6.07) is 0. The van der Waals surface area contributed by atoms with Gasteiger partial charge in [0.2, 0.25) is 0 Å². The molecule has 0 N–H and O–H groups in total. The molecule has 0 aliphatic carbocycles.